The fraction of sp³-hybridized carbons (Fsp3) is 0.579. The van der Waals surface area contributed by atoms with Crippen LogP contribution in [0.2, 0.25) is 0 Å². The second-order valence-electron chi connectivity index (χ2n) is 7.14. The van der Waals surface area contributed by atoms with Crippen LogP contribution in [-0.2, 0) is 4.74 Å². The molecule has 0 saturated carbocycles. The molecule has 6 nitrogen and oxygen atoms in total. The molecule has 0 aliphatic heterocycles. The summed E-state index contributed by atoms with van der Waals surface area (Å²) in [6, 6.07) is 5.22. The Balaban J connectivity index is 2.89. The molecule has 0 unspecified atom stereocenters. The Hall–Kier alpha value is -1.76. The molecule has 0 atom stereocenters. The molecule has 0 aliphatic carbocycles. The van der Waals surface area contributed by atoms with Gasteiger partial charge in [0.2, 0.25) is 0 Å². The first-order chi connectivity index (χ1) is 12.1. The smallest absolute Gasteiger partial charge is 0.407 e. The van der Waals surface area contributed by atoms with Gasteiger partial charge < -0.3 is 20.1 Å². The normalized spacial score (nSPS) is 11.7. The van der Waals surface area contributed by atoms with Crippen LogP contribution in [0.5, 0.6) is 5.75 Å². The number of rotatable bonds is 7. The minimum Gasteiger partial charge on any atom is -0.497 e. The first-order valence-electron chi connectivity index (χ1n) is 8.68. The molecule has 0 heterocycles. The van der Waals surface area contributed by atoms with Gasteiger partial charge in [-0.25, -0.2) is 4.79 Å². The van der Waals surface area contributed by atoms with E-state index in [9.17, 15) is 9.59 Å². The molecule has 146 valence electrons. The van der Waals surface area contributed by atoms with Crippen LogP contribution in [0.3, 0.4) is 0 Å². The number of benzene rings is 1. The minimum atomic E-state index is -0.573. The first-order valence-corrected chi connectivity index (χ1v) is 9.48. The second kappa shape index (κ2) is 9.26. The van der Waals surface area contributed by atoms with Crippen molar-refractivity contribution in [3.05, 3.63) is 28.2 Å². The van der Waals surface area contributed by atoms with E-state index in [2.05, 4.69) is 26.6 Å². The van der Waals surface area contributed by atoms with Gasteiger partial charge in [-0.2, -0.15) is 0 Å². The van der Waals surface area contributed by atoms with Gasteiger partial charge >= 0.3 is 6.09 Å². The number of methoxy groups -OCH3 is 1. The Morgan fingerprint density at radius 2 is 1.77 bits per heavy atom. The number of ether oxygens (including phenoxy) is 2. The Morgan fingerprint density at radius 1 is 1.15 bits per heavy atom. The van der Waals surface area contributed by atoms with Gasteiger partial charge in [0.25, 0.3) is 5.91 Å². The highest BCUT2D eigenvalue weighted by atomic mass is 79.9. The quantitative estimate of drug-likeness (QED) is 0.679. The molecule has 2 N–H and O–H groups in total. The van der Waals surface area contributed by atoms with Gasteiger partial charge in [0.1, 0.15) is 11.4 Å². The van der Waals surface area contributed by atoms with Crippen molar-refractivity contribution in [2.45, 2.75) is 58.6 Å². The van der Waals surface area contributed by atoms with Gasteiger partial charge in [-0.05, 0) is 67.7 Å². The topological polar surface area (TPSA) is 76.7 Å². The highest BCUT2D eigenvalue weighted by Crippen LogP contribution is 2.24. The summed E-state index contributed by atoms with van der Waals surface area (Å²) in [6.07, 6.45) is 0.819. The van der Waals surface area contributed by atoms with Crippen molar-refractivity contribution in [3.63, 3.8) is 0 Å². The molecule has 0 bridgehead atoms. The fourth-order valence-corrected chi connectivity index (χ4v) is 2.82. The zero-order chi connectivity index (χ0) is 20.0. The summed E-state index contributed by atoms with van der Waals surface area (Å²) in [6.45, 7) is 9.65. The molecule has 0 spiro atoms. The van der Waals surface area contributed by atoms with Crippen molar-refractivity contribution in [1.29, 1.82) is 0 Å². The van der Waals surface area contributed by atoms with Crippen molar-refractivity contribution in [2.24, 2.45) is 0 Å². The molecule has 0 radical (unpaired) electrons. The fourth-order valence-electron chi connectivity index (χ4n) is 2.39. The van der Waals surface area contributed by atoms with Gasteiger partial charge in [-0.3, -0.25) is 4.79 Å². The van der Waals surface area contributed by atoms with E-state index in [0.717, 1.165) is 0 Å². The van der Waals surface area contributed by atoms with E-state index in [1.165, 1.54) is 0 Å². The lowest BCUT2D eigenvalue weighted by Gasteiger charge is -2.33. The summed E-state index contributed by atoms with van der Waals surface area (Å²) in [5.41, 5.74) is -0.663. The maximum Gasteiger partial charge on any atom is 0.407 e. The van der Waals surface area contributed by atoms with Crippen molar-refractivity contribution in [2.75, 3.05) is 13.7 Å². The third-order valence-corrected chi connectivity index (χ3v) is 4.81. The van der Waals surface area contributed by atoms with Crippen molar-refractivity contribution >= 4 is 27.9 Å². The van der Waals surface area contributed by atoms with Crippen LogP contribution in [0.1, 0.15) is 57.8 Å². The van der Waals surface area contributed by atoms with Crippen LogP contribution in [0.4, 0.5) is 4.79 Å². The molecule has 0 saturated heterocycles. The molecule has 1 aromatic rings. The second-order valence-corrected chi connectivity index (χ2v) is 8.00. The molecule has 1 rings (SSSR count). The SMILES string of the molecule is CCC(CC)(CNC(=O)OC(C)(C)C)NC(=O)c1cc(OC)ccc1Br. The maximum atomic E-state index is 12.8. The largest absolute Gasteiger partial charge is 0.497 e. The summed E-state index contributed by atoms with van der Waals surface area (Å²) < 4.78 is 11.1. The van der Waals surface area contributed by atoms with Crippen LogP contribution in [-0.4, -0.2) is 36.8 Å². The number of amides is 2. The number of halogens is 1. The number of carbonyl (C=O) groups is 2. The summed E-state index contributed by atoms with van der Waals surface area (Å²) in [5.74, 6) is 0.370. The average Bonchev–Trinajstić information content (AvgIpc) is 2.57. The zero-order valence-corrected chi connectivity index (χ0v) is 18.0. The molecule has 2 amide bonds. The highest BCUT2D eigenvalue weighted by molar-refractivity contribution is 9.10. The zero-order valence-electron chi connectivity index (χ0n) is 16.4. The molecular weight excluding hydrogens is 400 g/mol. The average molecular weight is 429 g/mol. The van der Waals surface area contributed by atoms with Crippen molar-refractivity contribution < 1.29 is 19.1 Å². The van der Waals surface area contributed by atoms with Crippen molar-refractivity contribution in [3.8, 4) is 5.75 Å². The van der Waals surface area contributed by atoms with Gasteiger partial charge in [0.15, 0.2) is 0 Å². The van der Waals surface area contributed by atoms with Crippen LogP contribution in [0.25, 0.3) is 0 Å². The van der Waals surface area contributed by atoms with E-state index >= 15 is 0 Å². The molecule has 7 heteroatoms. The summed E-state index contributed by atoms with van der Waals surface area (Å²) >= 11 is 3.40. The molecule has 0 aliphatic rings. The van der Waals surface area contributed by atoms with Gasteiger partial charge in [0.05, 0.1) is 18.2 Å². The molecule has 0 fully saturated rings. The standard InChI is InChI=1S/C19H29BrN2O4/c1-7-19(8-2,12-21-17(24)26-18(3,4)5)22-16(23)14-11-13(25-6)9-10-15(14)20/h9-11H,7-8,12H2,1-6H3,(H,21,24)(H,22,23). The van der Waals surface area contributed by atoms with E-state index in [-0.39, 0.29) is 12.5 Å². The molecule has 0 aromatic heterocycles. The summed E-state index contributed by atoms with van der Waals surface area (Å²) in [4.78, 5) is 24.8. The minimum absolute atomic E-state index is 0.231. The van der Waals surface area contributed by atoms with E-state index in [1.807, 2.05) is 34.6 Å². The lowest BCUT2D eigenvalue weighted by molar-refractivity contribution is 0.0501. The van der Waals surface area contributed by atoms with Gasteiger partial charge in [0, 0.05) is 11.0 Å². The van der Waals surface area contributed by atoms with Crippen LogP contribution in [0.15, 0.2) is 22.7 Å². The van der Waals surface area contributed by atoms with Gasteiger partial charge in [-0.1, -0.05) is 13.8 Å². The molecule has 1 aromatic carbocycles. The van der Waals surface area contributed by atoms with E-state index in [1.54, 1.807) is 25.3 Å². The summed E-state index contributed by atoms with van der Waals surface area (Å²) in [5, 5.41) is 5.83. The Bertz CT molecular complexity index is 637. The number of hydrogen-bond acceptors (Lipinski definition) is 4. The maximum absolute atomic E-state index is 12.8. The first kappa shape index (κ1) is 22.3. The predicted molar refractivity (Wildman–Crippen MR) is 106 cm³/mol. The van der Waals surface area contributed by atoms with Crippen LogP contribution in [0, 0.1) is 0 Å². The lowest BCUT2D eigenvalue weighted by Crippen LogP contribution is -2.55. The summed E-state index contributed by atoms with van der Waals surface area (Å²) in [7, 11) is 1.55. The number of alkyl carbamates (subject to hydrolysis) is 1. The lowest BCUT2D eigenvalue weighted by atomic mass is 9.92. The number of nitrogens with one attached hydrogen (secondary N) is 2. The molecule has 26 heavy (non-hydrogen) atoms. The van der Waals surface area contributed by atoms with Crippen LogP contribution < -0.4 is 15.4 Å². The van der Waals surface area contributed by atoms with Gasteiger partial charge in [-0.15, -0.1) is 0 Å². The third-order valence-electron chi connectivity index (χ3n) is 4.12. The Kier molecular flexibility index (Phi) is 7.93. The predicted octanol–water partition coefficient (Wildman–Crippen LogP) is 4.27. The van der Waals surface area contributed by atoms with E-state index < -0.39 is 17.2 Å². The number of hydrogen-bond donors (Lipinski definition) is 2. The number of carbonyl (C=O) groups excluding carboxylic acids is 2. The molecular formula is C19H29BrN2O4. The Labute approximate surface area is 164 Å². The highest BCUT2D eigenvalue weighted by Gasteiger charge is 2.30. The van der Waals surface area contributed by atoms with Crippen LogP contribution >= 0.6 is 15.9 Å². The van der Waals surface area contributed by atoms with Crippen molar-refractivity contribution in [1.82, 2.24) is 10.6 Å². The van der Waals surface area contributed by atoms with E-state index in [4.69, 9.17) is 9.47 Å². The Morgan fingerprint density at radius 3 is 2.27 bits per heavy atom. The van der Waals surface area contributed by atoms with E-state index in [0.29, 0.717) is 28.6 Å². The third kappa shape index (κ3) is 6.52. The monoisotopic (exact) mass is 428 g/mol.